The fraction of sp³-hybridized carbons (Fsp3) is 0.143. The van der Waals surface area contributed by atoms with E-state index in [1.165, 1.54) is 5.56 Å². The van der Waals surface area contributed by atoms with Crippen LogP contribution in [0.25, 0.3) is 5.57 Å². The van der Waals surface area contributed by atoms with Crippen LogP contribution in [0.15, 0.2) is 49.1 Å². The van der Waals surface area contributed by atoms with Crippen molar-refractivity contribution in [3.63, 3.8) is 0 Å². The number of hydrogen-bond donors (Lipinski definition) is 0. The van der Waals surface area contributed by atoms with Gasteiger partial charge in [-0.1, -0.05) is 54.1 Å². The van der Waals surface area contributed by atoms with Gasteiger partial charge in [0.05, 0.1) is 0 Å². The van der Waals surface area contributed by atoms with Crippen molar-refractivity contribution in [1.29, 1.82) is 0 Å². The van der Waals surface area contributed by atoms with Gasteiger partial charge in [-0.3, -0.25) is 0 Å². The van der Waals surface area contributed by atoms with E-state index in [-0.39, 0.29) is 0 Å². The lowest BCUT2D eigenvalue weighted by atomic mass is 10.0. The summed E-state index contributed by atoms with van der Waals surface area (Å²) in [6.07, 6.45) is 7.86. The quantitative estimate of drug-likeness (QED) is 0.640. The van der Waals surface area contributed by atoms with Crippen LogP contribution < -0.4 is 0 Å². The van der Waals surface area contributed by atoms with E-state index < -0.39 is 0 Å². The molecular weight excluding hydrogens is 204 g/mol. The van der Waals surface area contributed by atoms with Crippen molar-refractivity contribution in [2.45, 2.75) is 13.8 Å². The Morgan fingerprint density at radius 1 is 1.33 bits per heavy atom. The van der Waals surface area contributed by atoms with Crippen LogP contribution in [0.4, 0.5) is 0 Å². The third kappa shape index (κ3) is 3.41. The Morgan fingerprint density at radius 2 is 2.07 bits per heavy atom. The maximum absolute atomic E-state index is 6.09. The van der Waals surface area contributed by atoms with E-state index in [1.807, 2.05) is 56.4 Å². The number of benzene rings is 1. The van der Waals surface area contributed by atoms with Gasteiger partial charge < -0.3 is 0 Å². The van der Waals surface area contributed by atoms with Crippen molar-refractivity contribution in [2.24, 2.45) is 0 Å². The summed E-state index contributed by atoms with van der Waals surface area (Å²) in [5, 5.41) is 0.746. The second-order valence-corrected chi connectivity index (χ2v) is 3.80. The smallest absolute Gasteiger partial charge is 0.0484 e. The van der Waals surface area contributed by atoms with E-state index in [0.29, 0.717) is 0 Å². The first kappa shape index (κ1) is 11.8. The second kappa shape index (κ2) is 5.57. The number of rotatable bonds is 3. The molecule has 1 aromatic rings. The van der Waals surface area contributed by atoms with Gasteiger partial charge in [-0.25, -0.2) is 0 Å². The van der Waals surface area contributed by atoms with Gasteiger partial charge in [0.15, 0.2) is 0 Å². The van der Waals surface area contributed by atoms with Crippen LogP contribution in [-0.2, 0) is 0 Å². The highest BCUT2D eigenvalue weighted by Gasteiger charge is 2.01. The summed E-state index contributed by atoms with van der Waals surface area (Å²) in [4.78, 5) is 0. The third-order valence-electron chi connectivity index (χ3n) is 2.07. The van der Waals surface area contributed by atoms with E-state index >= 15 is 0 Å². The fourth-order valence-corrected chi connectivity index (χ4v) is 1.50. The lowest BCUT2D eigenvalue weighted by Gasteiger charge is -2.04. The van der Waals surface area contributed by atoms with Crippen LogP contribution in [-0.4, -0.2) is 0 Å². The zero-order valence-electron chi connectivity index (χ0n) is 9.13. The first-order valence-electron chi connectivity index (χ1n) is 4.90. The molecule has 0 radical (unpaired) electrons. The van der Waals surface area contributed by atoms with Crippen LogP contribution in [0.3, 0.4) is 0 Å². The summed E-state index contributed by atoms with van der Waals surface area (Å²) in [5.74, 6) is 0. The lowest BCUT2D eigenvalue weighted by Crippen LogP contribution is -1.83. The van der Waals surface area contributed by atoms with Crippen molar-refractivity contribution in [1.82, 2.24) is 0 Å². The molecule has 0 saturated carbocycles. The first-order valence-corrected chi connectivity index (χ1v) is 5.27. The molecule has 1 heteroatoms. The van der Waals surface area contributed by atoms with E-state index in [9.17, 15) is 0 Å². The molecule has 0 heterocycles. The first-order chi connectivity index (χ1) is 7.15. The molecule has 15 heavy (non-hydrogen) atoms. The minimum Gasteiger partial charge on any atom is -0.0911 e. The number of hydrogen-bond acceptors (Lipinski definition) is 0. The topological polar surface area (TPSA) is 0 Å². The van der Waals surface area contributed by atoms with Crippen molar-refractivity contribution in [3.8, 4) is 0 Å². The maximum Gasteiger partial charge on any atom is 0.0484 e. The van der Waals surface area contributed by atoms with Crippen molar-refractivity contribution in [3.05, 3.63) is 65.2 Å². The monoisotopic (exact) mass is 218 g/mol. The summed E-state index contributed by atoms with van der Waals surface area (Å²) in [6, 6.07) is 5.94. The Hall–Kier alpha value is -1.27. The molecule has 0 aliphatic rings. The Balaban J connectivity index is 2.95. The van der Waals surface area contributed by atoms with Gasteiger partial charge in [0.25, 0.3) is 0 Å². The lowest BCUT2D eigenvalue weighted by molar-refractivity contribution is 1.45. The molecule has 0 aliphatic carbocycles. The third-order valence-corrected chi connectivity index (χ3v) is 2.40. The molecule has 0 N–H and O–H groups in total. The Bertz CT molecular complexity index is 411. The molecule has 0 aliphatic heterocycles. The summed E-state index contributed by atoms with van der Waals surface area (Å²) in [6.45, 7) is 8.02. The van der Waals surface area contributed by atoms with Gasteiger partial charge in [0.2, 0.25) is 0 Å². The summed E-state index contributed by atoms with van der Waals surface area (Å²) in [7, 11) is 0. The highest BCUT2D eigenvalue weighted by Crippen LogP contribution is 2.24. The van der Waals surface area contributed by atoms with Crippen molar-refractivity contribution in [2.75, 3.05) is 0 Å². The zero-order valence-corrected chi connectivity index (χ0v) is 9.88. The van der Waals surface area contributed by atoms with E-state index in [1.54, 1.807) is 0 Å². The largest absolute Gasteiger partial charge is 0.0911 e. The molecule has 0 atom stereocenters. The van der Waals surface area contributed by atoms with Gasteiger partial charge in [0, 0.05) is 5.02 Å². The average Bonchev–Trinajstić information content (AvgIpc) is 2.22. The van der Waals surface area contributed by atoms with Crippen LogP contribution in [0.1, 0.15) is 18.1 Å². The SMILES string of the molecule is C=C(/C=C\C=C/C)c1cc(C)ccc1Cl. The molecular formula is C14H15Cl. The minimum absolute atomic E-state index is 0.746. The van der Waals surface area contributed by atoms with Gasteiger partial charge in [-0.05, 0) is 37.1 Å². The summed E-state index contributed by atoms with van der Waals surface area (Å²) >= 11 is 6.09. The molecule has 0 amide bonds. The van der Waals surface area contributed by atoms with Gasteiger partial charge in [-0.15, -0.1) is 0 Å². The van der Waals surface area contributed by atoms with Crippen molar-refractivity contribution >= 4 is 17.2 Å². The van der Waals surface area contributed by atoms with Crippen molar-refractivity contribution < 1.29 is 0 Å². The number of halogens is 1. The predicted octanol–water partition coefficient (Wildman–Crippen LogP) is 4.79. The Morgan fingerprint density at radius 3 is 2.73 bits per heavy atom. The maximum atomic E-state index is 6.09. The molecule has 0 unspecified atom stereocenters. The minimum atomic E-state index is 0.746. The highest BCUT2D eigenvalue weighted by atomic mass is 35.5. The molecule has 0 fully saturated rings. The molecule has 1 aromatic carbocycles. The standard InChI is InChI=1S/C14H15Cl/c1-4-5-6-7-12(3)13-10-11(2)8-9-14(13)15/h4-10H,3H2,1-2H3/b5-4-,7-6-. The molecule has 1 rings (SSSR count). The van der Waals surface area contributed by atoms with Crippen LogP contribution >= 0.6 is 11.6 Å². The average molecular weight is 219 g/mol. The van der Waals surface area contributed by atoms with Crippen LogP contribution in [0, 0.1) is 6.92 Å². The van der Waals surface area contributed by atoms with E-state index in [0.717, 1.165) is 16.2 Å². The van der Waals surface area contributed by atoms with Crippen LogP contribution in [0.2, 0.25) is 5.02 Å². The number of aryl methyl sites for hydroxylation is 1. The fourth-order valence-electron chi connectivity index (χ4n) is 1.26. The van der Waals surface area contributed by atoms with E-state index in [4.69, 9.17) is 11.6 Å². The Kier molecular flexibility index (Phi) is 4.38. The molecule has 0 saturated heterocycles. The van der Waals surface area contributed by atoms with Gasteiger partial charge in [0.1, 0.15) is 0 Å². The highest BCUT2D eigenvalue weighted by molar-refractivity contribution is 6.32. The van der Waals surface area contributed by atoms with E-state index in [2.05, 4.69) is 6.58 Å². The van der Waals surface area contributed by atoms with Gasteiger partial charge >= 0.3 is 0 Å². The molecule has 0 bridgehead atoms. The summed E-state index contributed by atoms with van der Waals surface area (Å²) < 4.78 is 0. The number of allylic oxidation sites excluding steroid dienone is 5. The summed E-state index contributed by atoms with van der Waals surface area (Å²) in [5.41, 5.74) is 3.12. The normalized spacial score (nSPS) is 11.4. The second-order valence-electron chi connectivity index (χ2n) is 3.39. The molecule has 0 aromatic heterocycles. The predicted molar refractivity (Wildman–Crippen MR) is 69.2 cm³/mol. The molecule has 78 valence electrons. The Labute approximate surface area is 96.6 Å². The molecule has 0 nitrogen and oxygen atoms in total. The molecule has 0 spiro atoms. The van der Waals surface area contributed by atoms with Crippen LogP contribution in [0.5, 0.6) is 0 Å². The van der Waals surface area contributed by atoms with Gasteiger partial charge in [-0.2, -0.15) is 0 Å². The zero-order chi connectivity index (χ0) is 11.3.